The number of hydrogen-bond donors (Lipinski definition) is 1. The number of hydrogen-bond acceptors (Lipinski definition) is 5. The SMILES string of the molecule is CN(C)CC1CC(O)CN1Cc1c(Cl)cccc1[N+](=O)[O-]. The number of nitrogens with zero attached hydrogens (tertiary/aromatic N) is 3. The third-order valence-corrected chi connectivity index (χ3v) is 4.09. The van der Waals surface area contributed by atoms with Crippen molar-refractivity contribution in [1.82, 2.24) is 9.80 Å². The van der Waals surface area contributed by atoms with Gasteiger partial charge in [0.1, 0.15) is 0 Å². The summed E-state index contributed by atoms with van der Waals surface area (Å²) < 4.78 is 0. The van der Waals surface area contributed by atoms with E-state index in [4.69, 9.17) is 11.6 Å². The van der Waals surface area contributed by atoms with Crippen LogP contribution in [-0.4, -0.2) is 59.2 Å². The second kappa shape index (κ2) is 6.70. The molecule has 2 atom stereocenters. The van der Waals surface area contributed by atoms with Gasteiger partial charge in [-0.15, -0.1) is 0 Å². The van der Waals surface area contributed by atoms with Crippen LogP contribution in [0.3, 0.4) is 0 Å². The first-order chi connectivity index (χ1) is 9.88. The summed E-state index contributed by atoms with van der Waals surface area (Å²) in [6.45, 7) is 1.70. The highest BCUT2D eigenvalue weighted by Crippen LogP contribution is 2.30. The summed E-state index contributed by atoms with van der Waals surface area (Å²) in [6, 6.07) is 4.89. The van der Waals surface area contributed by atoms with Crippen LogP contribution in [0.5, 0.6) is 0 Å². The lowest BCUT2D eigenvalue weighted by Crippen LogP contribution is -2.37. The fourth-order valence-electron chi connectivity index (χ4n) is 2.84. The van der Waals surface area contributed by atoms with E-state index in [0.29, 0.717) is 30.1 Å². The molecule has 1 aromatic rings. The Hall–Kier alpha value is -1.21. The molecule has 1 N–H and O–H groups in total. The first-order valence-corrected chi connectivity index (χ1v) is 7.25. The predicted molar refractivity (Wildman–Crippen MR) is 81.5 cm³/mol. The smallest absolute Gasteiger partial charge is 0.275 e. The van der Waals surface area contributed by atoms with Crippen LogP contribution >= 0.6 is 11.6 Å². The topological polar surface area (TPSA) is 69.8 Å². The molecule has 2 rings (SSSR count). The van der Waals surface area contributed by atoms with Crippen molar-refractivity contribution in [3.05, 3.63) is 38.9 Å². The van der Waals surface area contributed by atoms with Gasteiger partial charge in [-0.05, 0) is 26.6 Å². The summed E-state index contributed by atoms with van der Waals surface area (Å²) >= 11 is 6.14. The second-order valence-corrected chi connectivity index (χ2v) is 6.14. The van der Waals surface area contributed by atoms with Crippen LogP contribution in [0.25, 0.3) is 0 Å². The molecule has 1 saturated heterocycles. The fraction of sp³-hybridized carbons (Fsp3) is 0.571. The lowest BCUT2D eigenvalue weighted by Gasteiger charge is -2.26. The van der Waals surface area contributed by atoms with E-state index >= 15 is 0 Å². The fourth-order valence-corrected chi connectivity index (χ4v) is 3.07. The minimum absolute atomic E-state index is 0.0347. The monoisotopic (exact) mass is 313 g/mol. The molecule has 0 amide bonds. The Kier molecular flexibility index (Phi) is 5.16. The lowest BCUT2D eigenvalue weighted by atomic mass is 10.1. The van der Waals surface area contributed by atoms with Crippen molar-refractivity contribution in [1.29, 1.82) is 0 Å². The van der Waals surface area contributed by atoms with E-state index in [1.54, 1.807) is 12.1 Å². The number of nitro groups is 1. The average Bonchev–Trinajstić information content (AvgIpc) is 2.70. The van der Waals surface area contributed by atoms with Gasteiger partial charge in [0, 0.05) is 31.7 Å². The highest BCUT2D eigenvalue weighted by atomic mass is 35.5. The second-order valence-electron chi connectivity index (χ2n) is 5.73. The van der Waals surface area contributed by atoms with Crippen molar-refractivity contribution in [2.24, 2.45) is 0 Å². The van der Waals surface area contributed by atoms with Gasteiger partial charge in [0.2, 0.25) is 0 Å². The maximum Gasteiger partial charge on any atom is 0.275 e. The maximum atomic E-state index is 11.1. The van der Waals surface area contributed by atoms with Gasteiger partial charge >= 0.3 is 0 Å². The van der Waals surface area contributed by atoms with Gasteiger partial charge in [0.25, 0.3) is 5.69 Å². The van der Waals surface area contributed by atoms with Gasteiger partial charge in [0.15, 0.2) is 0 Å². The van der Waals surface area contributed by atoms with E-state index in [9.17, 15) is 15.2 Å². The van der Waals surface area contributed by atoms with Gasteiger partial charge in [-0.2, -0.15) is 0 Å². The van der Waals surface area contributed by atoms with Crippen LogP contribution in [0.4, 0.5) is 5.69 Å². The van der Waals surface area contributed by atoms with Crippen LogP contribution in [-0.2, 0) is 6.54 Å². The minimum atomic E-state index is -0.408. The van der Waals surface area contributed by atoms with E-state index < -0.39 is 11.0 Å². The van der Waals surface area contributed by atoms with E-state index in [-0.39, 0.29) is 11.7 Å². The third kappa shape index (κ3) is 3.91. The van der Waals surface area contributed by atoms with Gasteiger partial charge < -0.3 is 10.0 Å². The average molecular weight is 314 g/mol. The number of nitro benzene ring substituents is 1. The van der Waals surface area contributed by atoms with E-state index in [2.05, 4.69) is 9.80 Å². The molecule has 0 radical (unpaired) electrons. The van der Waals surface area contributed by atoms with Crippen molar-refractivity contribution in [3.63, 3.8) is 0 Å². The third-order valence-electron chi connectivity index (χ3n) is 3.73. The Bertz CT molecular complexity index is 524. The summed E-state index contributed by atoms with van der Waals surface area (Å²) in [6.07, 6.45) is 0.285. The summed E-state index contributed by atoms with van der Waals surface area (Å²) in [7, 11) is 3.95. The number of likely N-dealkylation sites (N-methyl/N-ethyl adjacent to an activating group) is 1. The van der Waals surface area contributed by atoms with Crippen molar-refractivity contribution in [2.45, 2.75) is 25.1 Å². The minimum Gasteiger partial charge on any atom is -0.392 e. The number of likely N-dealkylation sites (tertiary alicyclic amines) is 1. The largest absolute Gasteiger partial charge is 0.392 e. The molecule has 1 aromatic carbocycles. The molecule has 0 bridgehead atoms. The molecule has 1 aliphatic rings. The van der Waals surface area contributed by atoms with Crippen LogP contribution < -0.4 is 0 Å². The standard InChI is InChI=1S/C14H20ClN3O3/c1-16(2)7-10-6-11(19)8-17(10)9-12-13(15)4-3-5-14(12)18(20)21/h3-5,10-11,19H,6-9H2,1-2H3. The molecule has 0 aromatic heterocycles. The van der Waals surface area contributed by atoms with Gasteiger partial charge in [-0.3, -0.25) is 15.0 Å². The van der Waals surface area contributed by atoms with Crippen LogP contribution in [0.1, 0.15) is 12.0 Å². The van der Waals surface area contributed by atoms with Gasteiger partial charge in [0.05, 0.1) is 21.6 Å². The number of benzene rings is 1. The number of aliphatic hydroxyl groups excluding tert-OH is 1. The van der Waals surface area contributed by atoms with Gasteiger partial charge in [-0.25, -0.2) is 0 Å². The molecule has 116 valence electrons. The zero-order chi connectivity index (χ0) is 15.6. The molecule has 0 aliphatic carbocycles. The number of halogens is 1. The summed E-state index contributed by atoms with van der Waals surface area (Å²) in [5, 5.41) is 21.4. The molecule has 1 heterocycles. The Labute approximate surface area is 129 Å². The summed E-state index contributed by atoms with van der Waals surface area (Å²) in [5.41, 5.74) is 0.550. The van der Waals surface area contributed by atoms with E-state index in [1.807, 2.05) is 14.1 Å². The molecule has 1 fully saturated rings. The Balaban J connectivity index is 2.22. The van der Waals surface area contributed by atoms with Crippen molar-refractivity contribution >= 4 is 17.3 Å². The van der Waals surface area contributed by atoms with Crippen LogP contribution in [0, 0.1) is 10.1 Å². The molecular weight excluding hydrogens is 294 g/mol. The Morgan fingerprint density at radius 1 is 1.52 bits per heavy atom. The normalized spacial score (nSPS) is 22.9. The maximum absolute atomic E-state index is 11.1. The van der Waals surface area contributed by atoms with Crippen molar-refractivity contribution < 1.29 is 10.0 Å². The summed E-state index contributed by atoms with van der Waals surface area (Å²) in [5.74, 6) is 0. The molecule has 6 nitrogen and oxygen atoms in total. The zero-order valence-corrected chi connectivity index (χ0v) is 13.0. The zero-order valence-electron chi connectivity index (χ0n) is 12.2. The predicted octanol–water partition coefficient (Wildman–Crippen LogP) is 1.74. The van der Waals surface area contributed by atoms with Crippen molar-refractivity contribution in [2.75, 3.05) is 27.2 Å². The van der Waals surface area contributed by atoms with E-state index in [0.717, 1.165) is 6.54 Å². The van der Waals surface area contributed by atoms with Crippen LogP contribution in [0.15, 0.2) is 18.2 Å². The van der Waals surface area contributed by atoms with Gasteiger partial charge in [-0.1, -0.05) is 17.7 Å². The lowest BCUT2D eigenvalue weighted by molar-refractivity contribution is -0.385. The molecule has 2 unspecified atom stereocenters. The summed E-state index contributed by atoms with van der Waals surface area (Å²) in [4.78, 5) is 14.9. The highest BCUT2D eigenvalue weighted by Gasteiger charge is 2.33. The quantitative estimate of drug-likeness (QED) is 0.662. The molecule has 21 heavy (non-hydrogen) atoms. The first-order valence-electron chi connectivity index (χ1n) is 6.87. The number of β-amino-alcohol motifs (C(OH)–C–C–N with tert-alkyl or cyclic N) is 1. The Morgan fingerprint density at radius 3 is 2.86 bits per heavy atom. The van der Waals surface area contributed by atoms with Crippen LogP contribution in [0.2, 0.25) is 5.02 Å². The number of rotatable bonds is 5. The molecule has 0 saturated carbocycles. The van der Waals surface area contributed by atoms with Crippen molar-refractivity contribution in [3.8, 4) is 0 Å². The molecular formula is C14H20ClN3O3. The molecule has 7 heteroatoms. The Morgan fingerprint density at radius 2 is 2.24 bits per heavy atom. The molecule has 1 aliphatic heterocycles. The van der Waals surface area contributed by atoms with E-state index in [1.165, 1.54) is 6.07 Å². The highest BCUT2D eigenvalue weighted by molar-refractivity contribution is 6.31. The first kappa shape index (κ1) is 16.2. The molecule has 0 spiro atoms. The number of aliphatic hydroxyl groups is 1.